The molecule has 0 fully saturated rings. The van der Waals surface area contributed by atoms with E-state index in [1.165, 1.54) is 6.20 Å². The molecule has 0 saturated heterocycles. The number of hydrogen-bond donors (Lipinski definition) is 1. The number of carbonyl (C=O) groups is 2. The van der Waals surface area contributed by atoms with Crippen LogP contribution in [-0.2, 0) is 15.0 Å². The lowest BCUT2D eigenvalue weighted by Gasteiger charge is -2.43. The summed E-state index contributed by atoms with van der Waals surface area (Å²) in [6, 6.07) is 12.8. The van der Waals surface area contributed by atoms with Gasteiger partial charge >= 0.3 is 0 Å². The molecule has 1 aromatic carbocycles. The molecule has 0 saturated carbocycles. The number of allylic oxidation sites excluding steroid dienone is 1. The number of para-hydroxylation sites is 1. The number of rotatable bonds is 3. The highest BCUT2D eigenvalue weighted by atomic mass is 35.5. The van der Waals surface area contributed by atoms with E-state index < -0.39 is 5.41 Å². The van der Waals surface area contributed by atoms with Gasteiger partial charge in [0.25, 0.3) is 0 Å². The van der Waals surface area contributed by atoms with Crippen molar-refractivity contribution in [3.63, 3.8) is 0 Å². The molecule has 3 heterocycles. The van der Waals surface area contributed by atoms with E-state index in [-0.39, 0.29) is 36.1 Å². The third kappa shape index (κ3) is 2.71. The van der Waals surface area contributed by atoms with Gasteiger partial charge in [0, 0.05) is 41.7 Å². The van der Waals surface area contributed by atoms with Crippen LogP contribution in [0, 0.1) is 11.3 Å². The van der Waals surface area contributed by atoms with Crippen LogP contribution in [0.5, 0.6) is 0 Å². The highest BCUT2D eigenvalue weighted by molar-refractivity contribution is 6.30. The predicted molar refractivity (Wildman–Crippen MR) is 125 cm³/mol. The standard InChI is InChI=1S/C25H20ClN5O2/c1-2-12-30-18-7-4-3-6-16(18)25(24(30)33)17(13-27)23(28)31(21-11-10-15(26)14-29-21)19-8-5-9-20(32)22(19)25/h2-4,6-7,10-11,14H,1,5,8-9,12,28H2. The molecule has 1 spiro atoms. The zero-order valence-electron chi connectivity index (χ0n) is 17.7. The summed E-state index contributed by atoms with van der Waals surface area (Å²) >= 11 is 6.02. The minimum Gasteiger partial charge on any atom is -0.384 e. The van der Waals surface area contributed by atoms with Crippen molar-refractivity contribution in [3.05, 3.63) is 88.5 Å². The van der Waals surface area contributed by atoms with Crippen molar-refractivity contribution in [1.29, 1.82) is 5.26 Å². The van der Waals surface area contributed by atoms with E-state index >= 15 is 0 Å². The number of ketones is 1. The van der Waals surface area contributed by atoms with Gasteiger partial charge in [-0.3, -0.25) is 14.5 Å². The lowest BCUT2D eigenvalue weighted by atomic mass is 9.64. The van der Waals surface area contributed by atoms with Gasteiger partial charge < -0.3 is 10.6 Å². The van der Waals surface area contributed by atoms with Crippen molar-refractivity contribution >= 4 is 34.8 Å². The van der Waals surface area contributed by atoms with Gasteiger partial charge in [-0.05, 0) is 31.0 Å². The molecule has 2 aromatic rings. The number of halogens is 1. The van der Waals surface area contributed by atoms with E-state index in [1.54, 1.807) is 40.1 Å². The number of amides is 1. The van der Waals surface area contributed by atoms with E-state index in [0.29, 0.717) is 46.2 Å². The predicted octanol–water partition coefficient (Wildman–Crippen LogP) is 3.73. The van der Waals surface area contributed by atoms with Crippen molar-refractivity contribution < 1.29 is 9.59 Å². The third-order valence-electron chi connectivity index (χ3n) is 6.43. The fraction of sp³-hybridized carbons (Fsp3) is 0.200. The first-order valence-electron chi connectivity index (χ1n) is 10.6. The monoisotopic (exact) mass is 457 g/mol. The number of carbonyl (C=O) groups excluding carboxylic acids is 2. The van der Waals surface area contributed by atoms with Gasteiger partial charge in [0.1, 0.15) is 23.1 Å². The Morgan fingerprint density at radius 3 is 2.73 bits per heavy atom. The number of Topliss-reactive ketones (excluding diaryl/α,β-unsaturated/α-hetero) is 1. The molecule has 33 heavy (non-hydrogen) atoms. The second-order valence-corrected chi connectivity index (χ2v) is 8.55. The van der Waals surface area contributed by atoms with E-state index in [4.69, 9.17) is 17.3 Å². The van der Waals surface area contributed by atoms with Crippen LogP contribution in [0.3, 0.4) is 0 Å². The van der Waals surface area contributed by atoms with Crippen molar-refractivity contribution in [2.75, 3.05) is 16.3 Å². The minimum absolute atomic E-state index is 0.0252. The Kier molecular flexibility index (Phi) is 4.84. The molecule has 5 rings (SSSR count). The van der Waals surface area contributed by atoms with E-state index in [9.17, 15) is 14.9 Å². The maximum atomic E-state index is 14.1. The summed E-state index contributed by atoms with van der Waals surface area (Å²) in [6.07, 6.45) is 4.52. The summed E-state index contributed by atoms with van der Waals surface area (Å²) in [5.41, 5.74) is 7.19. The molecule has 2 aliphatic heterocycles. The second kappa shape index (κ2) is 7.61. The topological polar surface area (TPSA) is 103 Å². The summed E-state index contributed by atoms with van der Waals surface area (Å²) < 4.78 is 0. The summed E-state index contributed by atoms with van der Waals surface area (Å²) in [7, 11) is 0. The average molecular weight is 458 g/mol. The van der Waals surface area contributed by atoms with Crippen molar-refractivity contribution in [3.8, 4) is 6.07 Å². The second-order valence-electron chi connectivity index (χ2n) is 8.11. The van der Waals surface area contributed by atoms with Crippen molar-refractivity contribution in [1.82, 2.24) is 4.98 Å². The normalized spacial score (nSPS) is 21.9. The Morgan fingerprint density at radius 1 is 1.24 bits per heavy atom. The minimum atomic E-state index is -1.59. The van der Waals surface area contributed by atoms with Gasteiger partial charge in [-0.2, -0.15) is 5.26 Å². The maximum absolute atomic E-state index is 14.1. The SMILES string of the molecule is C=CCN1C(=O)C2(C(C#N)=C(N)N(c3ccc(Cl)cn3)C3=C2C(=O)CCC3)c2ccccc21. The van der Waals surface area contributed by atoms with Crippen LogP contribution < -0.4 is 15.5 Å². The van der Waals surface area contributed by atoms with Gasteiger partial charge in [0.15, 0.2) is 5.78 Å². The molecular formula is C25H20ClN5O2. The van der Waals surface area contributed by atoms with Crippen LogP contribution in [0.25, 0.3) is 0 Å². The van der Waals surface area contributed by atoms with Crippen molar-refractivity contribution in [2.24, 2.45) is 5.73 Å². The smallest absolute Gasteiger partial charge is 0.248 e. The van der Waals surface area contributed by atoms with Crippen LogP contribution >= 0.6 is 11.6 Å². The zero-order valence-corrected chi connectivity index (χ0v) is 18.5. The summed E-state index contributed by atoms with van der Waals surface area (Å²) in [5.74, 6) is -0.0126. The van der Waals surface area contributed by atoms with Gasteiger partial charge in [-0.1, -0.05) is 35.9 Å². The summed E-state index contributed by atoms with van der Waals surface area (Å²) in [6.45, 7) is 4.02. The van der Waals surface area contributed by atoms with E-state index in [2.05, 4.69) is 17.6 Å². The van der Waals surface area contributed by atoms with Crippen LogP contribution in [0.15, 0.2) is 77.9 Å². The summed E-state index contributed by atoms with van der Waals surface area (Å²) in [4.78, 5) is 35.2. The molecule has 1 amide bonds. The lowest BCUT2D eigenvalue weighted by molar-refractivity contribution is -0.124. The first-order chi connectivity index (χ1) is 16.0. The molecular weight excluding hydrogens is 438 g/mol. The zero-order chi connectivity index (χ0) is 23.3. The summed E-state index contributed by atoms with van der Waals surface area (Å²) in [5, 5.41) is 10.8. The molecule has 1 atom stereocenters. The average Bonchev–Trinajstić information content (AvgIpc) is 3.05. The van der Waals surface area contributed by atoms with E-state index in [0.717, 1.165) is 0 Å². The first-order valence-corrected chi connectivity index (χ1v) is 11.0. The number of aromatic nitrogens is 1. The Bertz CT molecular complexity index is 1320. The molecule has 1 aromatic heterocycles. The molecule has 0 radical (unpaired) electrons. The molecule has 7 nitrogen and oxygen atoms in total. The molecule has 2 N–H and O–H groups in total. The van der Waals surface area contributed by atoms with Gasteiger partial charge in [0.05, 0.1) is 10.6 Å². The van der Waals surface area contributed by atoms with Gasteiger partial charge in [-0.15, -0.1) is 6.58 Å². The number of pyridine rings is 1. The van der Waals surface area contributed by atoms with Crippen LogP contribution in [-0.4, -0.2) is 23.2 Å². The third-order valence-corrected chi connectivity index (χ3v) is 6.65. The number of benzene rings is 1. The Labute approximate surface area is 196 Å². The highest BCUT2D eigenvalue weighted by Crippen LogP contribution is 2.56. The molecule has 1 aliphatic carbocycles. The van der Waals surface area contributed by atoms with Crippen molar-refractivity contribution in [2.45, 2.75) is 24.7 Å². The Hall–Kier alpha value is -3.89. The number of nitrogens with two attached hydrogens (primary N) is 1. The fourth-order valence-electron chi connectivity index (χ4n) is 5.20. The lowest BCUT2D eigenvalue weighted by Crippen LogP contribution is -2.52. The van der Waals surface area contributed by atoms with Crippen LogP contribution in [0.4, 0.5) is 11.5 Å². The molecule has 0 bridgehead atoms. The first kappa shape index (κ1) is 21.0. The molecule has 3 aliphatic rings. The molecule has 164 valence electrons. The Morgan fingerprint density at radius 2 is 2.03 bits per heavy atom. The van der Waals surface area contributed by atoms with E-state index in [1.807, 2.05) is 12.1 Å². The Balaban J connectivity index is 1.88. The number of nitrogens with zero attached hydrogens (tertiary/aromatic N) is 4. The largest absolute Gasteiger partial charge is 0.384 e. The highest BCUT2D eigenvalue weighted by Gasteiger charge is 2.62. The number of fused-ring (bicyclic) bond motifs is 3. The van der Waals surface area contributed by atoms with Gasteiger partial charge in [-0.25, -0.2) is 4.98 Å². The molecule has 1 unspecified atom stereocenters. The quantitative estimate of drug-likeness (QED) is 0.704. The van der Waals surface area contributed by atoms with Crippen LogP contribution in [0.2, 0.25) is 5.02 Å². The number of nitriles is 1. The number of hydrogen-bond acceptors (Lipinski definition) is 6. The van der Waals surface area contributed by atoms with Crippen LogP contribution in [0.1, 0.15) is 24.8 Å². The molecule has 8 heteroatoms. The fourth-order valence-corrected chi connectivity index (χ4v) is 5.31. The maximum Gasteiger partial charge on any atom is 0.248 e. The number of anilines is 2. The van der Waals surface area contributed by atoms with Gasteiger partial charge in [0.2, 0.25) is 5.91 Å².